The lowest BCUT2D eigenvalue weighted by Crippen LogP contribution is -2.39. The lowest BCUT2D eigenvalue weighted by atomic mass is 9.98. The monoisotopic (exact) mass is 389 g/mol. The molecule has 2 aliphatic rings. The standard InChI is InChI=1S/C20H27N3O3S/c1-16-15-21-20(17-9-13-26-14-10-17)23(16)18-7-11-22(12-8-18)27(24,25)19-5-3-2-4-6-19/h2-6,15,17-18H,7-14H2,1H3. The SMILES string of the molecule is Cc1cnc(C2CCOCC2)n1C1CCN(S(=O)(=O)c2ccccc2)CC1. The number of benzene rings is 1. The van der Waals surface area contributed by atoms with E-state index in [1.54, 1.807) is 28.6 Å². The van der Waals surface area contributed by atoms with E-state index in [9.17, 15) is 8.42 Å². The first-order valence-electron chi connectivity index (χ1n) is 9.74. The third-order valence-corrected chi connectivity index (χ3v) is 7.68. The third kappa shape index (κ3) is 3.68. The van der Waals surface area contributed by atoms with Crippen molar-refractivity contribution < 1.29 is 13.2 Å². The van der Waals surface area contributed by atoms with Crippen LogP contribution in [0.5, 0.6) is 0 Å². The van der Waals surface area contributed by atoms with Crippen molar-refractivity contribution in [2.45, 2.75) is 49.5 Å². The lowest BCUT2D eigenvalue weighted by molar-refractivity contribution is 0.0820. The molecule has 2 fully saturated rings. The molecule has 3 heterocycles. The van der Waals surface area contributed by atoms with Crippen LogP contribution in [-0.4, -0.2) is 48.6 Å². The molecule has 2 saturated heterocycles. The molecule has 0 amide bonds. The van der Waals surface area contributed by atoms with Crippen LogP contribution in [0, 0.1) is 6.92 Å². The number of hydrogen-bond donors (Lipinski definition) is 0. The van der Waals surface area contributed by atoms with Crippen LogP contribution in [-0.2, 0) is 14.8 Å². The fourth-order valence-electron chi connectivity index (χ4n) is 4.28. The number of imidazole rings is 1. The summed E-state index contributed by atoms with van der Waals surface area (Å²) in [6, 6.07) is 9.04. The van der Waals surface area contributed by atoms with E-state index in [0.717, 1.165) is 44.7 Å². The summed E-state index contributed by atoms with van der Waals surface area (Å²) in [5.41, 5.74) is 1.17. The fourth-order valence-corrected chi connectivity index (χ4v) is 5.77. The molecule has 0 unspecified atom stereocenters. The topological polar surface area (TPSA) is 64.4 Å². The maximum absolute atomic E-state index is 12.9. The van der Waals surface area contributed by atoms with Crippen LogP contribution in [0.25, 0.3) is 0 Å². The number of nitrogens with zero attached hydrogens (tertiary/aromatic N) is 3. The van der Waals surface area contributed by atoms with Gasteiger partial charge in [0.25, 0.3) is 0 Å². The van der Waals surface area contributed by atoms with E-state index < -0.39 is 10.0 Å². The number of ether oxygens (including phenoxy) is 1. The van der Waals surface area contributed by atoms with Gasteiger partial charge in [-0.1, -0.05) is 18.2 Å². The summed E-state index contributed by atoms with van der Waals surface area (Å²) in [7, 11) is -3.40. The molecule has 0 saturated carbocycles. The Morgan fingerprint density at radius 3 is 2.37 bits per heavy atom. The molecule has 27 heavy (non-hydrogen) atoms. The number of hydrogen-bond acceptors (Lipinski definition) is 4. The van der Waals surface area contributed by atoms with Crippen LogP contribution < -0.4 is 0 Å². The third-order valence-electron chi connectivity index (χ3n) is 5.77. The summed E-state index contributed by atoms with van der Waals surface area (Å²) >= 11 is 0. The molecule has 6 nitrogen and oxygen atoms in total. The van der Waals surface area contributed by atoms with Crippen LogP contribution in [0.1, 0.15) is 49.2 Å². The van der Waals surface area contributed by atoms with Crippen LogP contribution in [0.3, 0.4) is 0 Å². The minimum absolute atomic E-state index is 0.313. The van der Waals surface area contributed by atoms with Crippen molar-refractivity contribution in [3.8, 4) is 0 Å². The van der Waals surface area contributed by atoms with Crippen LogP contribution in [0.2, 0.25) is 0 Å². The Kier molecular flexibility index (Phi) is 5.34. The second-order valence-electron chi connectivity index (χ2n) is 7.46. The minimum Gasteiger partial charge on any atom is -0.381 e. The van der Waals surface area contributed by atoms with Crippen molar-refractivity contribution in [1.82, 2.24) is 13.9 Å². The number of sulfonamides is 1. The second kappa shape index (κ2) is 7.73. The van der Waals surface area contributed by atoms with Crippen LogP contribution >= 0.6 is 0 Å². The molecule has 0 aliphatic carbocycles. The van der Waals surface area contributed by atoms with Crippen molar-refractivity contribution in [2.24, 2.45) is 0 Å². The van der Waals surface area contributed by atoms with E-state index in [0.29, 0.717) is 29.9 Å². The van der Waals surface area contributed by atoms with Crippen molar-refractivity contribution in [3.05, 3.63) is 48.0 Å². The number of aryl methyl sites for hydroxylation is 1. The van der Waals surface area contributed by atoms with E-state index >= 15 is 0 Å². The molecule has 1 aromatic heterocycles. The van der Waals surface area contributed by atoms with E-state index in [-0.39, 0.29) is 0 Å². The highest BCUT2D eigenvalue weighted by atomic mass is 32.2. The lowest BCUT2D eigenvalue weighted by Gasteiger charge is -2.34. The fraction of sp³-hybridized carbons (Fsp3) is 0.550. The summed E-state index contributed by atoms with van der Waals surface area (Å²) < 4.78 is 35.2. The summed E-state index contributed by atoms with van der Waals surface area (Å²) in [6.45, 7) is 4.79. The predicted molar refractivity (Wildman–Crippen MR) is 103 cm³/mol. The first-order valence-corrected chi connectivity index (χ1v) is 11.2. The number of rotatable bonds is 4. The van der Waals surface area contributed by atoms with Gasteiger partial charge in [-0.25, -0.2) is 13.4 Å². The van der Waals surface area contributed by atoms with Gasteiger partial charge in [-0.2, -0.15) is 4.31 Å². The quantitative estimate of drug-likeness (QED) is 0.806. The predicted octanol–water partition coefficient (Wildman–Crippen LogP) is 3.11. The first kappa shape index (κ1) is 18.7. The number of piperidine rings is 1. The molecule has 2 aliphatic heterocycles. The summed E-state index contributed by atoms with van der Waals surface area (Å²) in [5.74, 6) is 1.60. The Morgan fingerprint density at radius 1 is 1.04 bits per heavy atom. The molecule has 2 aromatic rings. The van der Waals surface area contributed by atoms with Gasteiger partial charge >= 0.3 is 0 Å². The normalized spacial score (nSPS) is 20.8. The van der Waals surface area contributed by atoms with E-state index in [4.69, 9.17) is 9.72 Å². The van der Waals surface area contributed by atoms with Crippen molar-refractivity contribution in [3.63, 3.8) is 0 Å². The highest BCUT2D eigenvalue weighted by Gasteiger charge is 2.32. The molecule has 0 N–H and O–H groups in total. The minimum atomic E-state index is -3.40. The molecule has 1 aromatic carbocycles. The highest BCUT2D eigenvalue weighted by molar-refractivity contribution is 7.89. The zero-order valence-corrected chi connectivity index (χ0v) is 16.6. The Bertz CT molecular complexity index is 865. The van der Waals surface area contributed by atoms with Crippen LogP contribution in [0.4, 0.5) is 0 Å². The molecule has 0 bridgehead atoms. The van der Waals surface area contributed by atoms with Crippen molar-refractivity contribution in [2.75, 3.05) is 26.3 Å². The Labute approximate surface area is 161 Å². The Morgan fingerprint density at radius 2 is 1.70 bits per heavy atom. The molecule has 0 spiro atoms. The summed E-state index contributed by atoms with van der Waals surface area (Å²) in [4.78, 5) is 5.09. The number of aromatic nitrogens is 2. The van der Waals surface area contributed by atoms with Gasteiger partial charge in [-0.05, 0) is 44.7 Å². The molecule has 4 rings (SSSR count). The van der Waals surface area contributed by atoms with Gasteiger partial charge in [-0.3, -0.25) is 0 Å². The Hall–Kier alpha value is -1.70. The molecular formula is C20H27N3O3S. The first-order chi connectivity index (χ1) is 13.1. The zero-order chi connectivity index (χ0) is 18.9. The average Bonchev–Trinajstić information content (AvgIpc) is 3.11. The van der Waals surface area contributed by atoms with Gasteiger partial charge in [0, 0.05) is 50.2 Å². The van der Waals surface area contributed by atoms with Gasteiger partial charge in [0.15, 0.2) is 0 Å². The molecule has 146 valence electrons. The smallest absolute Gasteiger partial charge is 0.243 e. The van der Waals surface area contributed by atoms with Gasteiger partial charge in [0.05, 0.1) is 4.90 Å². The highest BCUT2D eigenvalue weighted by Crippen LogP contribution is 2.33. The van der Waals surface area contributed by atoms with Gasteiger partial charge in [-0.15, -0.1) is 0 Å². The second-order valence-corrected chi connectivity index (χ2v) is 9.40. The van der Waals surface area contributed by atoms with E-state index in [1.807, 2.05) is 12.3 Å². The van der Waals surface area contributed by atoms with Crippen LogP contribution in [0.15, 0.2) is 41.4 Å². The van der Waals surface area contributed by atoms with Gasteiger partial charge < -0.3 is 9.30 Å². The molecule has 7 heteroatoms. The molecular weight excluding hydrogens is 362 g/mol. The van der Waals surface area contributed by atoms with Gasteiger partial charge in [0.1, 0.15) is 5.82 Å². The largest absolute Gasteiger partial charge is 0.381 e. The van der Waals surface area contributed by atoms with Gasteiger partial charge in [0.2, 0.25) is 10.0 Å². The van der Waals surface area contributed by atoms with Crippen molar-refractivity contribution >= 4 is 10.0 Å². The molecule has 0 atom stereocenters. The maximum atomic E-state index is 12.9. The average molecular weight is 390 g/mol. The van der Waals surface area contributed by atoms with Crippen molar-refractivity contribution in [1.29, 1.82) is 0 Å². The maximum Gasteiger partial charge on any atom is 0.243 e. The van der Waals surface area contributed by atoms with E-state index in [1.165, 1.54) is 5.69 Å². The molecule has 0 radical (unpaired) electrons. The summed E-state index contributed by atoms with van der Waals surface area (Å²) in [5, 5.41) is 0. The zero-order valence-electron chi connectivity index (χ0n) is 15.8. The summed E-state index contributed by atoms with van der Waals surface area (Å²) in [6.07, 6.45) is 5.62. The Balaban J connectivity index is 1.49. The van der Waals surface area contributed by atoms with E-state index in [2.05, 4.69) is 11.5 Å².